The van der Waals surface area contributed by atoms with E-state index in [0.29, 0.717) is 18.2 Å². The Bertz CT molecular complexity index is 383. The zero-order valence-corrected chi connectivity index (χ0v) is 8.59. The molecule has 0 atom stereocenters. The zero-order chi connectivity index (χ0) is 10.3. The van der Waals surface area contributed by atoms with Crippen LogP contribution in [0.3, 0.4) is 0 Å². The first-order chi connectivity index (χ1) is 7.33. The maximum atomic E-state index is 11.6. The first-order valence-corrected chi connectivity index (χ1v) is 5.44. The molecule has 80 valence electrons. The number of fused-ring (bicyclic) bond motifs is 1. The summed E-state index contributed by atoms with van der Waals surface area (Å²) in [6.45, 7) is 3.19. The van der Waals surface area contributed by atoms with Crippen molar-refractivity contribution in [1.29, 1.82) is 0 Å². The van der Waals surface area contributed by atoms with Crippen LogP contribution in [-0.2, 0) is 17.9 Å². The Kier molecular flexibility index (Phi) is 2.05. The van der Waals surface area contributed by atoms with Gasteiger partial charge in [-0.25, -0.2) is 0 Å². The highest BCUT2D eigenvalue weighted by Gasteiger charge is 2.31. The molecule has 2 aliphatic rings. The second-order valence-corrected chi connectivity index (χ2v) is 4.39. The summed E-state index contributed by atoms with van der Waals surface area (Å²) in [7, 11) is 0. The van der Waals surface area contributed by atoms with Crippen molar-refractivity contribution in [1.82, 2.24) is 19.7 Å². The van der Waals surface area contributed by atoms with Crippen molar-refractivity contribution in [2.24, 2.45) is 5.92 Å². The van der Waals surface area contributed by atoms with Gasteiger partial charge in [0.05, 0.1) is 13.1 Å². The molecule has 3 rings (SSSR count). The van der Waals surface area contributed by atoms with Gasteiger partial charge in [0.25, 0.3) is 0 Å². The van der Waals surface area contributed by atoms with E-state index in [2.05, 4.69) is 19.7 Å². The molecule has 0 spiro atoms. The van der Waals surface area contributed by atoms with Crippen molar-refractivity contribution in [3.05, 3.63) is 12.2 Å². The molecule has 1 aromatic heterocycles. The number of Topliss-reactive ketones (excluding diaryl/α,β-unsaturated/α-hetero) is 1. The minimum atomic E-state index is 0.366. The molecule has 0 N–H and O–H groups in total. The third kappa shape index (κ3) is 1.79. The number of hydrogen-bond donors (Lipinski definition) is 0. The maximum Gasteiger partial charge on any atom is 0.149 e. The number of hydrogen-bond acceptors (Lipinski definition) is 4. The largest absolute Gasteiger partial charge is 0.315 e. The Hall–Kier alpha value is -1.23. The fraction of sp³-hybridized carbons (Fsp3) is 0.700. The molecule has 0 bridgehead atoms. The molecule has 2 heterocycles. The third-order valence-corrected chi connectivity index (χ3v) is 3.13. The minimum absolute atomic E-state index is 0.366. The SMILES string of the molecule is O=C(CN1CCn2cnnc2C1)C1CC1. The van der Waals surface area contributed by atoms with Gasteiger partial charge in [0, 0.05) is 19.0 Å². The van der Waals surface area contributed by atoms with E-state index in [1.165, 1.54) is 0 Å². The van der Waals surface area contributed by atoms with Gasteiger partial charge in [-0.1, -0.05) is 0 Å². The molecule has 0 saturated heterocycles. The van der Waals surface area contributed by atoms with Crippen molar-refractivity contribution >= 4 is 5.78 Å². The number of rotatable bonds is 3. The van der Waals surface area contributed by atoms with Crippen LogP contribution in [0.2, 0.25) is 0 Å². The molecular formula is C10H14N4O. The number of carbonyl (C=O) groups is 1. The molecule has 15 heavy (non-hydrogen) atoms. The lowest BCUT2D eigenvalue weighted by molar-refractivity contribution is -0.121. The molecule has 5 nitrogen and oxygen atoms in total. The standard InChI is InChI=1S/C10H14N4O/c15-9(8-1-2-8)5-13-3-4-14-7-11-12-10(14)6-13/h7-8H,1-6H2. The van der Waals surface area contributed by atoms with Gasteiger partial charge in [-0.15, -0.1) is 10.2 Å². The molecule has 0 unspecified atom stereocenters. The van der Waals surface area contributed by atoms with Crippen LogP contribution in [-0.4, -0.2) is 38.5 Å². The lowest BCUT2D eigenvalue weighted by Gasteiger charge is -2.26. The van der Waals surface area contributed by atoms with E-state index in [-0.39, 0.29) is 0 Å². The first kappa shape index (κ1) is 9.03. The highest BCUT2D eigenvalue weighted by atomic mass is 16.1. The third-order valence-electron chi connectivity index (χ3n) is 3.13. The van der Waals surface area contributed by atoms with E-state index in [9.17, 15) is 4.79 Å². The summed E-state index contributed by atoms with van der Waals surface area (Å²) in [4.78, 5) is 13.8. The van der Waals surface area contributed by atoms with Gasteiger partial charge in [-0.3, -0.25) is 9.69 Å². The second kappa shape index (κ2) is 3.41. The lowest BCUT2D eigenvalue weighted by atomic mass is 10.2. The molecule has 0 amide bonds. The molecule has 1 aliphatic carbocycles. The van der Waals surface area contributed by atoms with Gasteiger partial charge in [-0.2, -0.15) is 0 Å². The smallest absolute Gasteiger partial charge is 0.149 e. The van der Waals surface area contributed by atoms with Crippen LogP contribution in [0.1, 0.15) is 18.7 Å². The van der Waals surface area contributed by atoms with Gasteiger partial charge in [0.15, 0.2) is 0 Å². The molecule has 5 heteroatoms. The fourth-order valence-corrected chi connectivity index (χ4v) is 2.01. The van der Waals surface area contributed by atoms with E-state index >= 15 is 0 Å². The van der Waals surface area contributed by atoms with Gasteiger partial charge < -0.3 is 4.57 Å². The van der Waals surface area contributed by atoms with Crippen LogP contribution in [0, 0.1) is 5.92 Å². The van der Waals surface area contributed by atoms with Crippen molar-refractivity contribution in [3.8, 4) is 0 Å². The topological polar surface area (TPSA) is 51.0 Å². The van der Waals surface area contributed by atoms with E-state index in [0.717, 1.165) is 38.3 Å². The second-order valence-electron chi connectivity index (χ2n) is 4.39. The summed E-state index contributed by atoms with van der Waals surface area (Å²) >= 11 is 0. The summed E-state index contributed by atoms with van der Waals surface area (Å²) in [5.41, 5.74) is 0. The number of ketones is 1. The highest BCUT2D eigenvalue weighted by Crippen LogP contribution is 2.30. The van der Waals surface area contributed by atoms with Crippen LogP contribution in [0.4, 0.5) is 0 Å². The first-order valence-electron chi connectivity index (χ1n) is 5.44. The van der Waals surface area contributed by atoms with Gasteiger partial charge in [0.1, 0.15) is 17.9 Å². The van der Waals surface area contributed by atoms with Crippen molar-refractivity contribution in [2.45, 2.75) is 25.9 Å². The Balaban J connectivity index is 1.63. The van der Waals surface area contributed by atoms with Gasteiger partial charge in [0.2, 0.25) is 0 Å². The van der Waals surface area contributed by atoms with E-state index in [1.807, 2.05) is 0 Å². The molecular weight excluding hydrogens is 192 g/mol. The average molecular weight is 206 g/mol. The Labute approximate surface area is 88.1 Å². The minimum Gasteiger partial charge on any atom is -0.315 e. The van der Waals surface area contributed by atoms with Crippen LogP contribution < -0.4 is 0 Å². The number of aromatic nitrogens is 3. The lowest BCUT2D eigenvalue weighted by Crippen LogP contribution is -2.37. The van der Waals surface area contributed by atoms with Crippen LogP contribution in [0.25, 0.3) is 0 Å². The Morgan fingerprint density at radius 3 is 3.13 bits per heavy atom. The Morgan fingerprint density at radius 2 is 2.33 bits per heavy atom. The Morgan fingerprint density at radius 1 is 1.47 bits per heavy atom. The van der Waals surface area contributed by atoms with Gasteiger partial charge >= 0.3 is 0 Å². The van der Waals surface area contributed by atoms with Crippen LogP contribution in [0.5, 0.6) is 0 Å². The predicted octanol–water partition coefficient (Wildman–Crippen LogP) is 0.0728. The summed E-state index contributed by atoms with van der Waals surface area (Å²) in [6.07, 6.45) is 3.96. The van der Waals surface area contributed by atoms with E-state index < -0.39 is 0 Å². The molecule has 1 aromatic rings. The summed E-state index contributed by atoms with van der Waals surface area (Å²) in [5.74, 6) is 1.75. The quantitative estimate of drug-likeness (QED) is 0.702. The van der Waals surface area contributed by atoms with E-state index in [1.54, 1.807) is 6.33 Å². The predicted molar refractivity (Wildman–Crippen MR) is 53.0 cm³/mol. The monoisotopic (exact) mass is 206 g/mol. The van der Waals surface area contributed by atoms with Crippen LogP contribution >= 0.6 is 0 Å². The highest BCUT2D eigenvalue weighted by molar-refractivity contribution is 5.84. The average Bonchev–Trinajstić information content (AvgIpc) is 2.98. The van der Waals surface area contributed by atoms with Crippen LogP contribution in [0.15, 0.2) is 6.33 Å². The molecule has 1 aliphatic heterocycles. The molecule has 0 aromatic carbocycles. The van der Waals surface area contributed by atoms with Crippen molar-refractivity contribution in [3.63, 3.8) is 0 Å². The normalized spacial score (nSPS) is 21.3. The van der Waals surface area contributed by atoms with E-state index in [4.69, 9.17) is 0 Å². The molecule has 1 fully saturated rings. The molecule has 0 radical (unpaired) electrons. The summed E-state index contributed by atoms with van der Waals surface area (Å²) in [6, 6.07) is 0. The van der Waals surface area contributed by atoms with Gasteiger partial charge in [-0.05, 0) is 12.8 Å². The van der Waals surface area contributed by atoms with Crippen molar-refractivity contribution < 1.29 is 4.79 Å². The summed E-state index contributed by atoms with van der Waals surface area (Å²) in [5, 5.41) is 7.90. The number of carbonyl (C=O) groups excluding carboxylic acids is 1. The maximum absolute atomic E-state index is 11.6. The zero-order valence-electron chi connectivity index (χ0n) is 8.59. The number of nitrogens with zero attached hydrogens (tertiary/aromatic N) is 4. The summed E-state index contributed by atoms with van der Waals surface area (Å²) < 4.78 is 2.05. The van der Waals surface area contributed by atoms with Crippen molar-refractivity contribution in [2.75, 3.05) is 13.1 Å². The fourth-order valence-electron chi connectivity index (χ4n) is 2.01. The molecule has 1 saturated carbocycles.